The maximum Gasteiger partial charge on any atom is 0.296 e. The highest BCUT2D eigenvalue weighted by molar-refractivity contribution is 6.43. The lowest BCUT2D eigenvalue weighted by molar-refractivity contribution is -0.136. The molecule has 2 N–H and O–H groups in total. The van der Waals surface area contributed by atoms with Crippen molar-refractivity contribution in [2.24, 2.45) is 0 Å². The van der Waals surface area contributed by atoms with E-state index in [1.165, 1.54) is 22.6 Å². The second-order valence-corrected chi connectivity index (χ2v) is 8.76. The van der Waals surface area contributed by atoms with E-state index in [4.69, 9.17) is 5.73 Å². The number of fused-ring (bicyclic) bond motifs is 1. The molecular formula is C24H31ClN6O3. The molecule has 0 radical (unpaired) electrons. The molecule has 1 fully saturated rings. The zero-order chi connectivity index (χ0) is 23.5. The van der Waals surface area contributed by atoms with Crippen LogP contribution < -0.4 is 10.6 Å². The summed E-state index contributed by atoms with van der Waals surface area (Å²) in [6.45, 7) is 5.72. The minimum atomic E-state index is -0.647. The molecule has 1 aromatic carbocycles. The molecule has 2 aliphatic heterocycles. The Kier molecular flexibility index (Phi) is 8.22. The summed E-state index contributed by atoms with van der Waals surface area (Å²) < 4.78 is 0. The molecule has 9 nitrogen and oxygen atoms in total. The highest BCUT2D eigenvalue weighted by Gasteiger charge is 2.35. The number of anilines is 2. The topological polar surface area (TPSA) is 113 Å². The van der Waals surface area contributed by atoms with Gasteiger partial charge >= 0.3 is 0 Å². The van der Waals surface area contributed by atoms with Gasteiger partial charge in [0.15, 0.2) is 0 Å². The number of amides is 2. The number of rotatable bonds is 7. The zero-order valence-corrected chi connectivity index (χ0v) is 20.4. The van der Waals surface area contributed by atoms with Gasteiger partial charge in [-0.2, -0.15) is 0 Å². The van der Waals surface area contributed by atoms with Crippen LogP contribution in [0.2, 0.25) is 0 Å². The number of benzene rings is 1. The number of nitrogen functional groups attached to an aromatic ring is 1. The van der Waals surface area contributed by atoms with Crippen LogP contribution in [0.5, 0.6) is 0 Å². The number of carbonyl (C=O) groups excluding carboxylic acids is 3. The number of ketones is 1. The van der Waals surface area contributed by atoms with Gasteiger partial charge in [-0.05, 0) is 43.5 Å². The quantitative estimate of drug-likeness (QED) is 0.597. The van der Waals surface area contributed by atoms with E-state index in [1.807, 2.05) is 19.1 Å². The van der Waals surface area contributed by atoms with E-state index < -0.39 is 11.7 Å². The molecule has 182 valence electrons. The van der Waals surface area contributed by atoms with Crippen LogP contribution >= 0.6 is 12.4 Å². The first-order valence-corrected chi connectivity index (χ1v) is 11.4. The standard InChI is InChI=1S/C24H30N6O3.ClH/c1-3-9-28(2)24(33)21-26-20(25)18-13-19(31)23(32)30(22(18)27-21)15-17-8-6-7-16(12-17)14-29-10-4-5-11-29;/h6-8,12H,3-5,9-11,13-15H2,1-2H3,(H2,25,26,27);1H. The van der Waals surface area contributed by atoms with Gasteiger partial charge in [-0.25, -0.2) is 9.97 Å². The van der Waals surface area contributed by atoms with Crippen molar-refractivity contribution in [3.63, 3.8) is 0 Å². The minimum absolute atomic E-state index is 0. The lowest BCUT2D eigenvalue weighted by atomic mass is 10.0. The molecule has 0 bridgehead atoms. The molecule has 34 heavy (non-hydrogen) atoms. The number of nitrogens with two attached hydrogens (primary N) is 1. The second kappa shape index (κ2) is 10.9. The molecule has 4 rings (SSSR count). The van der Waals surface area contributed by atoms with E-state index in [0.29, 0.717) is 12.1 Å². The Bertz CT molecular complexity index is 1090. The van der Waals surface area contributed by atoms with Gasteiger partial charge in [-0.3, -0.25) is 24.2 Å². The van der Waals surface area contributed by atoms with Gasteiger partial charge in [-0.15, -0.1) is 12.4 Å². The molecule has 2 aromatic rings. The van der Waals surface area contributed by atoms with Crippen molar-refractivity contribution in [1.29, 1.82) is 0 Å². The fourth-order valence-electron chi connectivity index (χ4n) is 4.42. The van der Waals surface area contributed by atoms with Crippen molar-refractivity contribution in [1.82, 2.24) is 19.8 Å². The Labute approximate surface area is 205 Å². The number of hydrogen-bond acceptors (Lipinski definition) is 7. The number of nitrogens with zero attached hydrogens (tertiary/aromatic N) is 5. The summed E-state index contributed by atoms with van der Waals surface area (Å²) in [6, 6.07) is 8.00. The number of Topliss-reactive ketones (excluding diaryl/α,β-unsaturated/α-hetero) is 1. The first-order valence-electron chi connectivity index (χ1n) is 11.4. The zero-order valence-electron chi connectivity index (χ0n) is 19.6. The molecule has 1 saturated heterocycles. The molecule has 0 saturated carbocycles. The largest absolute Gasteiger partial charge is 0.383 e. The van der Waals surface area contributed by atoms with Gasteiger partial charge in [0.25, 0.3) is 11.8 Å². The van der Waals surface area contributed by atoms with Gasteiger partial charge in [-0.1, -0.05) is 31.2 Å². The number of likely N-dealkylation sites (tertiary alicyclic amines) is 1. The third kappa shape index (κ3) is 5.37. The Balaban J connectivity index is 0.00000324. The molecule has 3 heterocycles. The third-order valence-corrected chi connectivity index (χ3v) is 6.13. The van der Waals surface area contributed by atoms with Gasteiger partial charge in [0.05, 0.1) is 6.54 Å². The summed E-state index contributed by atoms with van der Waals surface area (Å²) in [5, 5.41) is 0. The van der Waals surface area contributed by atoms with Gasteiger partial charge in [0.1, 0.15) is 11.6 Å². The second-order valence-electron chi connectivity index (χ2n) is 8.76. The first kappa shape index (κ1) is 25.6. The van der Waals surface area contributed by atoms with Crippen LogP contribution in [0.25, 0.3) is 0 Å². The van der Waals surface area contributed by atoms with Crippen molar-refractivity contribution in [2.45, 2.75) is 45.7 Å². The molecule has 0 spiro atoms. The maximum absolute atomic E-state index is 12.9. The predicted octanol–water partition coefficient (Wildman–Crippen LogP) is 2.22. The number of hydrogen-bond donors (Lipinski definition) is 1. The number of aromatic nitrogens is 2. The Morgan fingerprint density at radius 3 is 2.47 bits per heavy atom. The van der Waals surface area contributed by atoms with Gasteiger partial charge in [0, 0.05) is 32.1 Å². The highest BCUT2D eigenvalue weighted by atomic mass is 35.5. The van der Waals surface area contributed by atoms with Gasteiger partial charge < -0.3 is 10.6 Å². The summed E-state index contributed by atoms with van der Waals surface area (Å²) in [4.78, 5) is 51.9. The van der Waals surface area contributed by atoms with E-state index in [2.05, 4.69) is 27.0 Å². The molecule has 2 aliphatic rings. The molecule has 0 atom stereocenters. The predicted molar refractivity (Wildman–Crippen MR) is 132 cm³/mol. The van der Waals surface area contributed by atoms with Crippen LogP contribution in [-0.4, -0.2) is 64.0 Å². The summed E-state index contributed by atoms with van der Waals surface area (Å²) in [6.07, 6.45) is 3.06. The van der Waals surface area contributed by atoms with Crippen LogP contribution in [0, 0.1) is 0 Å². The van der Waals surface area contributed by atoms with Crippen LogP contribution in [0.15, 0.2) is 24.3 Å². The summed E-state index contributed by atoms with van der Waals surface area (Å²) in [5.41, 5.74) is 8.55. The van der Waals surface area contributed by atoms with Crippen LogP contribution in [0.3, 0.4) is 0 Å². The van der Waals surface area contributed by atoms with Crippen molar-refractivity contribution in [2.75, 3.05) is 37.3 Å². The van der Waals surface area contributed by atoms with Crippen molar-refractivity contribution in [3.8, 4) is 0 Å². The van der Waals surface area contributed by atoms with Crippen LogP contribution in [-0.2, 0) is 29.1 Å². The van der Waals surface area contributed by atoms with E-state index in [9.17, 15) is 14.4 Å². The average Bonchev–Trinajstić information content (AvgIpc) is 3.30. The Morgan fingerprint density at radius 1 is 1.12 bits per heavy atom. The van der Waals surface area contributed by atoms with Crippen LogP contribution in [0.4, 0.5) is 11.6 Å². The van der Waals surface area contributed by atoms with E-state index in [-0.39, 0.29) is 48.7 Å². The molecular weight excluding hydrogens is 456 g/mol. The normalized spacial score (nSPS) is 15.8. The fourth-order valence-corrected chi connectivity index (χ4v) is 4.42. The molecule has 1 aromatic heterocycles. The monoisotopic (exact) mass is 486 g/mol. The summed E-state index contributed by atoms with van der Waals surface area (Å²) in [5.74, 6) is -1.35. The highest BCUT2D eigenvalue weighted by Crippen LogP contribution is 2.30. The van der Waals surface area contributed by atoms with Crippen molar-refractivity contribution >= 4 is 41.6 Å². The molecule has 2 amide bonds. The minimum Gasteiger partial charge on any atom is -0.383 e. The Hall–Kier alpha value is -3.04. The fraction of sp³-hybridized carbons (Fsp3) is 0.458. The number of halogens is 1. The third-order valence-electron chi connectivity index (χ3n) is 6.13. The molecule has 10 heteroatoms. The smallest absolute Gasteiger partial charge is 0.296 e. The first-order chi connectivity index (χ1) is 15.9. The van der Waals surface area contributed by atoms with E-state index in [0.717, 1.165) is 37.2 Å². The maximum atomic E-state index is 12.9. The lowest BCUT2D eigenvalue weighted by Gasteiger charge is -2.28. The average molecular weight is 487 g/mol. The summed E-state index contributed by atoms with van der Waals surface area (Å²) >= 11 is 0. The van der Waals surface area contributed by atoms with Crippen molar-refractivity contribution < 1.29 is 14.4 Å². The molecule has 0 aliphatic carbocycles. The van der Waals surface area contributed by atoms with E-state index in [1.54, 1.807) is 7.05 Å². The van der Waals surface area contributed by atoms with Gasteiger partial charge in [0.2, 0.25) is 11.6 Å². The Morgan fingerprint density at radius 2 is 1.79 bits per heavy atom. The van der Waals surface area contributed by atoms with Crippen LogP contribution in [0.1, 0.15) is 53.5 Å². The molecule has 0 unspecified atom stereocenters. The summed E-state index contributed by atoms with van der Waals surface area (Å²) in [7, 11) is 1.67. The number of carbonyl (C=O) groups is 3. The SMILES string of the molecule is CCCN(C)C(=O)c1nc(N)c2c(n1)N(Cc1cccc(CN3CCCC3)c1)C(=O)C(=O)C2.Cl. The van der Waals surface area contributed by atoms with E-state index >= 15 is 0 Å². The van der Waals surface area contributed by atoms with Crippen molar-refractivity contribution in [3.05, 3.63) is 46.8 Å². The lowest BCUT2D eigenvalue weighted by Crippen LogP contribution is -2.43.